The molecule has 4 atom stereocenters. The third kappa shape index (κ3) is 4.75. The molecule has 2 bridgehead atoms. The lowest BCUT2D eigenvalue weighted by atomic mass is 9.95. The first-order valence-corrected chi connectivity index (χ1v) is 14.2. The molecule has 0 aliphatic carbocycles. The molecule has 4 aliphatic rings. The Kier molecular flexibility index (Phi) is 6.73. The number of hydrogen-bond acceptors (Lipinski definition) is 8. The van der Waals surface area contributed by atoms with Gasteiger partial charge in [0, 0.05) is 25.3 Å². The molecule has 4 fully saturated rings. The van der Waals surface area contributed by atoms with Gasteiger partial charge in [0.25, 0.3) is 0 Å². The third-order valence-electron chi connectivity index (χ3n) is 8.67. The maximum atomic E-state index is 15.2. The number of piperazine rings is 1. The van der Waals surface area contributed by atoms with Crippen molar-refractivity contribution in [1.29, 1.82) is 0 Å². The van der Waals surface area contributed by atoms with Crippen molar-refractivity contribution in [2.45, 2.75) is 88.6 Å². The van der Waals surface area contributed by atoms with Gasteiger partial charge in [-0.05, 0) is 65.8 Å². The van der Waals surface area contributed by atoms with Gasteiger partial charge in [0.05, 0.1) is 23.0 Å². The van der Waals surface area contributed by atoms with Crippen LogP contribution in [0, 0.1) is 5.82 Å². The van der Waals surface area contributed by atoms with E-state index in [2.05, 4.69) is 19.8 Å². The zero-order valence-electron chi connectivity index (χ0n) is 22.6. The molecule has 6 heterocycles. The molecular weight excluding hydrogens is 530 g/mol. The molecule has 12 heteroatoms. The second-order valence-corrected chi connectivity index (χ2v) is 12.6. The number of rotatable bonds is 5. The Labute approximate surface area is 231 Å². The molecule has 0 N–H and O–H groups in total. The number of carbonyl (C=O) groups is 1. The lowest BCUT2D eigenvalue weighted by molar-refractivity contribution is 0.0122. The zero-order chi connectivity index (χ0) is 27.5. The summed E-state index contributed by atoms with van der Waals surface area (Å²) in [6.07, 6.45) is 6.43. The first-order valence-electron chi connectivity index (χ1n) is 13.8. The molecule has 4 aliphatic heterocycles. The van der Waals surface area contributed by atoms with E-state index in [1.165, 1.54) is 6.20 Å². The van der Waals surface area contributed by atoms with Gasteiger partial charge in [0.2, 0.25) is 0 Å². The largest absolute Gasteiger partial charge is 0.461 e. The maximum Gasteiger partial charge on any atom is 0.410 e. The number of nitrogens with zero attached hydrogens (tertiary/aromatic N) is 6. The molecule has 1 amide bonds. The lowest BCUT2D eigenvalue weighted by Gasteiger charge is -2.42. The Morgan fingerprint density at radius 1 is 1.18 bits per heavy atom. The van der Waals surface area contributed by atoms with Gasteiger partial charge in [-0.1, -0.05) is 11.6 Å². The minimum absolute atomic E-state index is 0.0470. The number of halogens is 3. The molecule has 0 saturated carbocycles. The van der Waals surface area contributed by atoms with Gasteiger partial charge < -0.3 is 14.4 Å². The Morgan fingerprint density at radius 2 is 1.92 bits per heavy atom. The summed E-state index contributed by atoms with van der Waals surface area (Å²) in [4.78, 5) is 32.2. The second kappa shape index (κ2) is 9.83. The number of aromatic nitrogens is 3. The molecule has 0 radical (unpaired) electrons. The summed E-state index contributed by atoms with van der Waals surface area (Å²) in [5, 5.41) is 0.170. The average Bonchev–Trinajstić information content (AvgIpc) is 3.53. The van der Waals surface area contributed by atoms with Crippen molar-refractivity contribution in [3.63, 3.8) is 0 Å². The quantitative estimate of drug-likeness (QED) is 0.481. The fourth-order valence-corrected chi connectivity index (χ4v) is 7.11. The van der Waals surface area contributed by atoms with Crippen molar-refractivity contribution in [2.24, 2.45) is 0 Å². The van der Waals surface area contributed by atoms with Gasteiger partial charge in [0.15, 0.2) is 11.0 Å². The number of carbonyl (C=O) groups excluding carboxylic acids is 1. The van der Waals surface area contributed by atoms with Crippen molar-refractivity contribution in [3.8, 4) is 6.01 Å². The standard InChI is InChI=1S/C27H35ClF2N6O3/c1-26(2,3)39-25(37)36-17-5-6-18(36)14-34(13-17)23-19-12-31-22(28)20(30)21(19)32-24(33-23)38-15-27-8-4-10-35(27)16(11-29)7-9-27/h12,16-18H,4-11,13-15H2,1-3H3/t16?,17-,18+,27?. The molecule has 212 valence electrons. The molecule has 2 aromatic rings. The predicted molar refractivity (Wildman–Crippen MR) is 143 cm³/mol. The van der Waals surface area contributed by atoms with Gasteiger partial charge in [-0.25, -0.2) is 18.6 Å². The molecular formula is C27H35ClF2N6O3. The first kappa shape index (κ1) is 26.7. The van der Waals surface area contributed by atoms with Crippen LogP contribution in [0.15, 0.2) is 6.20 Å². The summed E-state index contributed by atoms with van der Waals surface area (Å²) in [5.74, 6) is -0.218. The van der Waals surface area contributed by atoms with E-state index in [4.69, 9.17) is 26.1 Å². The van der Waals surface area contributed by atoms with Crippen LogP contribution in [0.2, 0.25) is 5.15 Å². The number of amides is 1. The SMILES string of the molecule is CC(C)(C)OC(=O)N1[C@@H]2CC[C@H]1CN(c1nc(OCC34CCCN3C(CF)CC4)nc3c(F)c(Cl)ncc13)C2. The molecule has 4 saturated heterocycles. The van der Waals surface area contributed by atoms with Crippen LogP contribution in [0.5, 0.6) is 6.01 Å². The highest BCUT2D eigenvalue weighted by Crippen LogP contribution is 2.43. The van der Waals surface area contributed by atoms with Gasteiger partial charge >= 0.3 is 12.1 Å². The van der Waals surface area contributed by atoms with Gasteiger partial charge in [-0.15, -0.1) is 0 Å². The Balaban J connectivity index is 1.29. The van der Waals surface area contributed by atoms with Crippen LogP contribution in [0.4, 0.5) is 19.4 Å². The number of pyridine rings is 1. The fraction of sp³-hybridized carbons (Fsp3) is 0.704. The molecule has 2 aromatic heterocycles. The van der Waals surface area contributed by atoms with E-state index in [1.54, 1.807) is 0 Å². The summed E-state index contributed by atoms with van der Waals surface area (Å²) in [6.45, 7) is 7.40. The van der Waals surface area contributed by atoms with E-state index in [1.807, 2.05) is 25.7 Å². The van der Waals surface area contributed by atoms with Crippen LogP contribution >= 0.6 is 11.6 Å². The van der Waals surface area contributed by atoms with Crippen LogP contribution < -0.4 is 9.64 Å². The molecule has 0 aromatic carbocycles. The van der Waals surface area contributed by atoms with Crippen LogP contribution in [0.25, 0.3) is 10.9 Å². The van der Waals surface area contributed by atoms with Gasteiger partial charge in [0.1, 0.15) is 30.2 Å². The van der Waals surface area contributed by atoms with Crippen LogP contribution in [-0.4, -0.2) is 93.0 Å². The highest BCUT2D eigenvalue weighted by atomic mass is 35.5. The van der Waals surface area contributed by atoms with Gasteiger partial charge in [-0.2, -0.15) is 9.97 Å². The van der Waals surface area contributed by atoms with Crippen molar-refractivity contribution < 1.29 is 23.0 Å². The summed E-state index contributed by atoms with van der Waals surface area (Å²) in [5.41, 5.74) is -0.781. The monoisotopic (exact) mass is 564 g/mol. The number of hydrogen-bond donors (Lipinski definition) is 0. The molecule has 9 nitrogen and oxygen atoms in total. The number of anilines is 1. The van der Waals surface area contributed by atoms with Gasteiger partial charge in [-0.3, -0.25) is 9.80 Å². The smallest absolute Gasteiger partial charge is 0.410 e. The minimum atomic E-state index is -0.725. The zero-order valence-corrected chi connectivity index (χ0v) is 23.4. The molecule has 6 rings (SSSR count). The second-order valence-electron chi connectivity index (χ2n) is 12.3. The molecule has 39 heavy (non-hydrogen) atoms. The van der Waals surface area contributed by atoms with Crippen molar-refractivity contribution in [1.82, 2.24) is 24.8 Å². The van der Waals surface area contributed by atoms with E-state index >= 15 is 4.39 Å². The van der Waals surface area contributed by atoms with E-state index in [-0.39, 0.29) is 53.1 Å². The highest BCUT2D eigenvalue weighted by Gasteiger charge is 2.50. The normalized spacial score (nSPS) is 28.8. The first-order chi connectivity index (χ1) is 18.6. The minimum Gasteiger partial charge on any atom is -0.461 e. The third-order valence-corrected chi connectivity index (χ3v) is 8.93. The van der Waals surface area contributed by atoms with Crippen molar-refractivity contribution >= 4 is 34.4 Å². The Morgan fingerprint density at radius 3 is 2.62 bits per heavy atom. The number of fused-ring (bicyclic) bond motifs is 4. The summed E-state index contributed by atoms with van der Waals surface area (Å²) in [7, 11) is 0. The highest BCUT2D eigenvalue weighted by molar-refractivity contribution is 6.30. The summed E-state index contributed by atoms with van der Waals surface area (Å²) < 4.78 is 40.6. The van der Waals surface area contributed by atoms with Crippen molar-refractivity contribution in [2.75, 3.05) is 37.8 Å². The fourth-order valence-electron chi connectivity index (χ4n) is 6.97. The number of ether oxygens (including phenoxy) is 2. The summed E-state index contributed by atoms with van der Waals surface area (Å²) >= 11 is 6.02. The average molecular weight is 565 g/mol. The van der Waals surface area contributed by atoms with Crippen molar-refractivity contribution in [3.05, 3.63) is 17.2 Å². The summed E-state index contributed by atoms with van der Waals surface area (Å²) in [6, 6.07) is -0.131. The molecule has 0 spiro atoms. The van der Waals surface area contributed by atoms with E-state index in [0.29, 0.717) is 30.9 Å². The van der Waals surface area contributed by atoms with E-state index in [0.717, 1.165) is 45.1 Å². The predicted octanol–water partition coefficient (Wildman–Crippen LogP) is 4.75. The van der Waals surface area contributed by atoms with Crippen LogP contribution in [0.1, 0.15) is 59.3 Å². The lowest BCUT2D eigenvalue weighted by Crippen LogP contribution is -2.57. The van der Waals surface area contributed by atoms with Crippen LogP contribution in [-0.2, 0) is 4.74 Å². The van der Waals surface area contributed by atoms with E-state index in [9.17, 15) is 9.18 Å². The number of alkyl halides is 1. The topological polar surface area (TPSA) is 83.9 Å². The maximum absolute atomic E-state index is 15.2. The van der Waals surface area contributed by atoms with E-state index < -0.39 is 11.4 Å². The Bertz CT molecular complexity index is 1260. The Hall–Kier alpha value is -2.53. The van der Waals surface area contributed by atoms with Crippen LogP contribution in [0.3, 0.4) is 0 Å². The molecule has 2 unspecified atom stereocenters.